The third-order valence-electron chi connectivity index (χ3n) is 4.41. The van der Waals surface area contributed by atoms with Crippen LogP contribution in [0, 0.1) is 12.8 Å². The lowest BCUT2D eigenvalue weighted by atomic mass is 9.94. The minimum absolute atomic E-state index is 0.205. The second-order valence-corrected chi connectivity index (χ2v) is 5.77. The molecule has 0 fully saturated rings. The van der Waals surface area contributed by atoms with Crippen LogP contribution in [0.4, 0.5) is 0 Å². The predicted octanol–water partition coefficient (Wildman–Crippen LogP) is 3.91. The van der Waals surface area contributed by atoms with E-state index >= 15 is 0 Å². The van der Waals surface area contributed by atoms with Gasteiger partial charge in [-0.2, -0.15) is 0 Å². The molecule has 0 bridgehead atoms. The minimum atomic E-state index is 0.205. The van der Waals surface area contributed by atoms with Crippen molar-refractivity contribution in [1.29, 1.82) is 0 Å². The van der Waals surface area contributed by atoms with Gasteiger partial charge in [0.2, 0.25) is 0 Å². The Morgan fingerprint density at radius 3 is 2.25 bits per heavy atom. The second-order valence-electron chi connectivity index (χ2n) is 5.77. The van der Waals surface area contributed by atoms with E-state index in [1.165, 1.54) is 22.3 Å². The molecule has 0 N–H and O–H groups in total. The summed E-state index contributed by atoms with van der Waals surface area (Å²) in [6, 6.07) is 16.8. The molecule has 0 saturated heterocycles. The fourth-order valence-electron chi connectivity index (χ4n) is 3.14. The van der Waals surface area contributed by atoms with Crippen LogP contribution >= 0.6 is 0 Å². The van der Waals surface area contributed by atoms with E-state index in [-0.39, 0.29) is 5.92 Å². The second kappa shape index (κ2) is 5.62. The Morgan fingerprint density at radius 2 is 1.60 bits per heavy atom. The number of benzene rings is 2. The molecular formula is C19H20O. The SMILES string of the molecule is Cc1ccccc1CCC(=O)C1Cc2ccccc2C1. The quantitative estimate of drug-likeness (QED) is 0.818. The summed E-state index contributed by atoms with van der Waals surface area (Å²) >= 11 is 0. The van der Waals surface area contributed by atoms with E-state index in [4.69, 9.17) is 0 Å². The molecule has 20 heavy (non-hydrogen) atoms. The highest BCUT2D eigenvalue weighted by Gasteiger charge is 2.26. The van der Waals surface area contributed by atoms with Gasteiger partial charge in [-0.05, 0) is 48.4 Å². The van der Waals surface area contributed by atoms with E-state index < -0.39 is 0 Å². The molecule has 1 heteroatoms. The average Bonchev–Trinajstić information content (AvgIpc) is 2.90. The fraction of sp³-hybridized carbons (Fsp3) is 0.316. The third-order valence-corrected chi connectivity index (χ3v) is 4.41. The molecule has 0 amide bonds. The number of Topliss-reactive ketones (excluding diaryl/α,β-unsaturated/α-hetero) is 1. The molecule has 0 saturated carbocycles. The van der Waals surface area contributed by atoms with Gasteiger partial charge in [0.15, 0.2) is 0 Å². The van der Waals surface area contributed by atoms with Gasteiger partial charge in [-0.15, -0.1) is 0 Å². The Balaban J connectivity index is 1.61. The number of hydrogen-bond acceptors (Lipinski definition) is 1. The van der Waals surface area contributed by atoms with Crippen molar-refractivity contribution in [2.75, 3.05) is 0 Å². The lowest BCUT2D eigenvalue weighted by Crippen LogP contribution is -2.15. The number of carbonyl (C=O) groups excluding carboxylic acids is 1. The lowest BCUT2D eigenvalue weighted by Gasteiger charge is -2.09. The first-order valence-electron chi connectivity index (χ1n) is 7.38. The van der Waals surface area contributed by atoms with Gasteiger partial charge in [-0.25, -0.2) is 0 Å². The summed E-state index contributed by atoms with van der Waals surface area (Å²) in [6.07, 6.45) is 3.41. The minimum Gasteiger partial charge on any atom is -0.299 e. The first-order valence-corrected chi connectivity index (χ1v) is 7.38. The topological polar surface area (TPSA) is 17.1 Å². The molecule has 1 aliphatic rings. The molecule has 0 spiro atoms. The van der Waals surface area contributed by atoms with E-state index in [9.17, 15) is 4.79 Å². The molecule has 0 radical (unpaired) electrons. The van der Waals surface area contributed by atoms with Crippen LogP contribution in [-0.4, -0.2) is 5.78 Å². The smallest absolute Gasteiger partial charge is 0.136 e. The molecule has 0 aliphatic heterocycles. The number of fused-ring (bicyclic) bond motifs is 1. The molecule has 0 atom stereocenters. The molecule has 0 aromatic heterocycles. The van der Waals surface area contributed by atoms with E-state index in [1.54, 1.807) is 0 Å². The summed E-state index contributed by atoms with van der Waals surface area (Å²) in [5.41, 5.74) is 5.31. The van der Waals surface area contributed by atoms with Crippen molar-refractivity contribution in [2.45, 2.75) is 32.6 Å². The highest BCUT2D eigenvalue weighted by atomic mass is 16.1. The molecule has 3 rings (SSSR count). The Kier molecular flexibility index (Phi) is 3.68. The molecule has 102 valence electrons. The molecular weight excluding hydrogens is 244 g/mol. The number of carbonyl (C=O) groups is 1. The standard InChI is InChI=1S/C19H20O/c1-14-6-2-3-7-15(14)10-11-19(20)18-12-16-8-4-5-9-17(16)13-18/h2-9,18H,10-13H2,1H3. The van der Waals surface area contributed by atoms with Crippen molar-refractivity contribution in [3.05, 3.63) is 70.8 Å². The zero-order valence-electron chi connectivity index (χ0n) is 11.9. The molecule has 0 unspecified atom stereocenters. The summed E-state index contributed by atoms with van der Waals surface area (Å²) in [5.74, 6) is 0.626. The van der Waals surface area contributed by atoms with Gasteiger partial charge in [0, 0.05) is 12.3 Å². The van der Waals surface area contributed by atoms with Crippen molar-refractivity contribution in [3.63, 3.8) is 0 Å². The molecule has 1 nitrogen and oxygen atoms in total. The van der Waals surface area contributed by atoms with Crippen LogP contribution in [0.5, 0.6) is 0 Å². The van der Waals surface area contributed by atoms with Crippen molar-refractivity contribution in [1.82, 2.24) is 0 Å². The number of rotatable bonds is 4. The maximum atomic E-state index is 12.4. The summed E-state index contributed by atoms with van der Waals surface area (Å²) in [5, 5.41) is 0. The van der Waals surface area contributed by atoms with Crippen molar-refractivity contribution < 1.29 is 4.79 Å². The van der Waals surface area contributed by atoms with Gasteiger partial charge in [-0.3, -0.25) is 4.79 Å². The average molecular weight is 264 g/mol. The first kappa shape index (κ1) is 13.1. The normalized spacial score (nSPS) is 14.2. The van der Waals surface area contributed by atoms with Crippen molar-refractivity contribution in [2.24, 2.45) is 5.92 Å². The largest absolute Gasteiger partial charge is 0.299 e. The molecule has 0 heterocycles. The Labute approximate surface area is 120 Å². The highest BCUT2D eigenvalue weighted by molar-refractivity contribution is 5.82. The van der Waals surface area contributed by atoms with Crippen LogP contribution in [0.2, 0.25) is 0 Å². The van der Waals surface area contributed by atoms with Crippen LogP contribution in [-0.2, 0) is 24.1 Å². The van der Waals surface area contributed by atoms with E-state index in [0.717, 1.165) is 19.3 Å². The van der Waals surface area contributed by atoms with Crippen molar-refractivity contribution in [3.8, 4) is 0 Å². The Morgan fingerprint density at radius 1 is 1.00 bits per heavy atom. The summed E-state index contributed by atoms with van der Waals surface area (Å²) in [7, 11) is 0. The number of ketones is 1. The first-order chi connectivity index (χ1) is 9.74. The van der Waals surface area contributed by atoms with E-state index in [1.807, 2.05) is 6.07 Å². The van der Waals surface area contributed by atoms with Crippen LogP contribution < -0.4 is 0 Å². The Bertz CT molecular complexity index is 602. The lowest BCUT2D eigenvalue weighted by molar-refractivity contribution is -0.122. The monoisotopic (exact) mass is 264 g/mol. The van der Waals surface area contributed by atoms with E-state index in [0.29, 0.717) is 12.2 Å². The fourth-order valence-corrected chi connectivity index (χ4v) is 3.14. The van der Waals surface area contributed by atoms with Gasteiger partial charge in [0.05, 0.1) is 0 Å². The highest BCUT2D eigenvalue weighted by Crippen LogP contribution is 2.28. The van der Waals surface area contributed by atoms with Crippen LogP contribution in [0.3, 0.4) is 0 Å². The molecule has 1 aliphatic carbocycles. The zero-order chi connectivity index (χ0) is 13.9. The van der Waals surface area contributed by atoms with E-state index in [2.05, 4.69) is 49.4 Å². The molecule has 2 aromatic rings. The van der Waals surface area contributed by atoms with Crippen LogP contribution in [0.15, 0.2) is 48.5 Å². The third kappa shape index (κ3) is 2.67. The maximum absolute atomic E-state index is 12.4. The predicted molar refractivity (Wildman–Crippen MR) is 81.8 cm³/mol. The summed E-state index contributed by atoms with van der Waals surface area (Å²) in [6.45, 7) is 2.12. The number of aryl methyl sites for hydroxylation is 2. The van der Waals surface area contributed by atoms with Crippen LogP contribution in [0.25, 0.3) is 0 Å². The van der Waals surface area contributed by atoms with Gasteiger partial charge >= 0.3 is 0 Å². The van der Waals surface area contributed by atoms with Gasteiger partial charge in [0.1, 0.15) is 5.78 Å². The summed E-state index contributed by atoms with van der Waals surface area (Å²) < 4.78 is 0. The van der Waals surface area contributed by atoms with Gasteiger partial charge < -0.3 is 0 Å². The summed E-state index contributed by atoms with van der Waals surface area (Å²) in [4.78, 5) is 12.4. The van der Waals surface area contributed by atoms with Gasteiger partial charge in [-0.1, -0.05) is 48.5 Å². The van der Waals surface area contributed by atoms with Crippen molar-refractivity contribution >= 4 is 5.78 Å². The zero-order valence-corrected chi connectivity index (χ0v) is 11.9. The maximum Gasteiger partial charge on any atom is 0.136 e. The number of hydrogen-bond donors (Lipinski definition) is 0. The van der Waals surface area contributed by atoms with Gasteiger partial charge in [0.25, 0.3) is 0 Å². The Hall–Kier alpha value is -1.89. The van der Waals surface area contributed by atoms with Crippen LogP contribution in [0.1, 0.15) is 28.7 Å². The molecule has 2 aromatic carbocycles.